The smallest absolute Gasteiger partial charge is 0.319 e. The van der Waals surface area contributed by atoms with Crippen LogP contribution in [-0.2, 0) is 4.79 Å². The molecule has 1 aromatic heterocycles. The minimum Gasteiger partial charge on any atom is -0.355 e. The van der Waals surface area contributed by atoms with Gasteiger partial charge in [-0.1, -0.05) is 13.0 Å². The molecule has 7 heteroatoms. The maximum atomic E-state index is 11.9. The van der Waals surface area contributed by atoms with Crippen molar-refractivity contribution >= 4 is 17.6 Å². The number of amides is 3. The van der Waals surface area contributed by atoms with E-state index in [4.69, 9.17) is 0 Å². The number of rotatable bonds is 6. The number of hydrogen-bond donors (Lipinski definition) is 3. The molecular formula is C17H23N5O2. The van der Waals surface area contributed by atoms with Gasteiger partial charge in [-0.2, -0.15) is 5.10 Å². The summed E-state index contributed by atoms with van der Waals surface area (Å²) >= 11 is 0. The number of urea groups is 1. The Kier molecular flexibility index (Phi) is 5.95. The number of nitrogens with zero attached hydrogens (tertiary/aromatic N) is 2. The number of nitrogens with one attached hydrogen (secondary N) is 3. The lowest BCUT2D eigenvalue weighted by atomic mass is 10.2. The summed E-state index contributed by atoms with van der Waals surface area (Å²) < 4.78 is 1.82. The average Bonchev–Trinajstić information content (AvgIpc) is 2.89. The monoisotopic (exact) mass is 329 g/mol. The van der Waals surface area contributed by atoms with E-state index in [-0.39, 0.29) is 12.5 Å². The Morgan fingerprint density at radius 3 is 2.62 bits per heavy atom. The van der Waals surface area contributed by atoms with Gasteiger partial charge in [-0.05, 0) is 44.5 Å². The summed E-state index contributed by atoms with van der Waals surface area (Å²) in [6.07, 6.45) is 0.858. The zero-order valence-corrected chi connectivity index (χ0v) is 14.2. The Hall–Kier alpha value is -2.83. The molecule has 3 N–H and O–H groups in total. The van der Waals surface area contributed by atoms with E-state index < -0.39 is 6.03 Å². The van der Waals surface area contributed by atoms with Gasteiger partial charge in [0.2, 0.25) is 5.91 Å². The molecular weight excluding hydrogens is 306 g/mol. The van der Waals surface area contributed by atoms with Crippen molar-refractivity contribution in [1.82, 2.24) is 20.4 Å². The van der Waals surface area contributed by atoms with Gasteiger partial charge in [-0.25, -0.2) is 9.48 Å². The predicted octanol–water partition coefficient (Wildman–Crippen LogP) is 2.14. The van der Waals surface area contributed by atoms with E-state index >= 15 is 0 Å². The first-order valence-electron chi connectivity index (χ1n) is 7.95. The van der Waals surface area contributed by atoms with Crippen LogP contribution in [0.25, 0.3) is 5.69 Å². The molecule has 1 heterocycles. The molecule has 0 saturated carbocycles. The summed E-state index contributed by atoms with van der Waals surface area (Å²) in [5.41, 5.74) is 3.44. The molecule has 0 saturated heterocycles. The van der Waals surface area contributed by atoms with Gasteiger partial charge in [0.15, 0.2) is 0 Å². The van der Waals surface area contributed by atoms with E-state index in [9.17, 15) is 9.59 Å². The molecule has 2 rings (SSSR count). The van der Waals surface area contributed by atoms with E-state index in [0.29, 0.717) is 12.2 Å². The van der Waals surface area contributed by atoms with Crippen molar-refractivity contribution in [2.24, 2.45) is 0 Å². The molecule has 7 nitrogen and oxygen atoms in total. The largest absolute Gasteiger partial charge is 0.355 e. The Labute approximate surface area is 141 Å². The summed E-state index contributed by atoms with van der Waals surface area (Å²) in [4.78, 5) is 23.4. The van der Waals surface area contributed by atoms with E-state index in [1.807, 2.05) is 49.7 Å². The number of anilines is 1. The molecule has 128 valence electrons. The molecule has 0 radical (unpaired) electrons. The first kappa shape index (κ1) is 17.5. The fourth-order valence-corrected chi connectivity index (χ4v) is 2.27. The first-order chi connectivity index (χ1) is 11.5. The van der Waals surface area contributed by atoms with Crippen LogP contribution in [0.3, 0.4) is 0 Å². The maximum Gasteiger partial charge on any atom is 0.319 e. The summed E-state index contributed by atoms with van der Waals surface area (Å²) in [6, 6.07) is 8.94. The van der Waals surface area contributed by atoms with E-state index in [0.717, 1.165) is 23.5 Å². The minimum atomic E-state index is -0.424. The molecule has 0 aliphatic carbocycles. The zero-order valence-electron chi connectivity index (χ0n) is 14.2. The first-order valence-corrected chi connectivity index (χ1v) is 7.95. The van der Waals surface area contributed by atoms with Crippen molar-refractivity contribution < 1.29 is 9.59 Å². The minimum absolute atomic E-state index is 0.0526. The highest BCUT2D eigenvalue weighted by atomic mass is 16.2. The van der Waals surface area contributed by atoms with Gasteiger partial charge >= 0.3 is 6.03 Å². The SMILES string of the molecule is CCCNC(=O)CNC(=O)Nc1cccc(-n2nc(C)cc2C)c1. The van der Waals surface area contributed by atoms with Crippen LogP contribution in [0.15, 0.2) is 30.3 Å². The molecule has 1 aromatic carbocycles. The van der Waals surface area contributed by atoms with Crippen molar-refractivity contribution in [3.05, 3.63) is 41.7 Å². The number of aryl methyl sites for hydroxylation is 2. The van der Waals surface area contributed by atoms with Gasteiger partial charge in [0, 0.05) is 17.9 Å². The Morgan fingerprint density at radius 2 is 1.96 bits per heavy atom. The van der Waals surface area contributed by atoms with Crippen molar-refractivity contribution in [2.45, 2.75) is 27.2 Å². The normalized spacial score (nSPS) is 10.3. The molecule has 3 amide bonds. The Bertz CT molecular complexity index is 724. The Morgan fingerprint density at radius 1 is 1.17 bits per heavy atom. The van der Waals surface area contributed by atoms with Gasteiger partial charge in [-0.3, -0.25) is 4.79 Å². The van der Waals surface area contributed by atoms with Crippen LogP contribution in [-0.4, -0.2) is 34.8 Å². The zero-order chi connectivity index (χ0) is 17.5. The fourth-order valence-electron chi connectivity index (χ4n) is 2.27. The molecule has 2 aromatic rings. The lowest BCUT2D eigenvalue weighted by Crippen LogP contribution is -2.39. The van der Waals surface area contributed by atoms with Crippen LogP contribution in [0, 0.1) is 13.8 Å². The van der Waals surface area contributed by atoms with E-state index in [2.05, 4.69) is 21.0 Å². The standard InChI is InChI=1S/C17H23N5O2/c1-4-8-18-16(23)11-19-17(24)20-14-6-5-7-15(10-14)22-13(3)9-12(2)21-22/h5-7,9-10H,4,8,11H2,1-3H3,(H,18,23)(H2,19,20,24). The second-order valence-corrected chi connectivity index (χ2v) is 5.55. The fraction of sp³-hybridized carbons (Fsp3) is 0.353. The third-order valence-corrected chi connectivity index (χ3v) is 3.34. The van der Waals surface area contributed by atoms with E-state index in [1.165, 1.54) is 0 Å². The molecule has 0 fully saturated rings. The quantitative estimate of drug-likeness (QED) is 0.758. The number of carbonyl (C=O) groups excluding carboxylic acids is 2. The Balaban J connectivity index is 1.96. The molecule has 0 aliphatic heterocycles. The number of carbonyl (C=O) groups is 2. The van der Waals surface area contributed by atoms with Gasteiger partial charge < -0.3 is 16.0 Å². The maximum absolute atomic E-state index is 11.9. The topological polar surface area (TPSA) is 88.0 Å². The third-order valence-electron chi connectivity index (χ3n) is 3.34. The lowest BCUT2D eigenvalue weighted by molar-refractivity contribution is -0.120. The second kappa shape index (κ2) is 8.14. The lowest BCUT2D eigenvalue weighted by Gasteiger charge is -2.10. The van der Waals surface area contributed by atoms with Crippen molar-refractivity contribution in [1.29, 1.82) is 0 Å². The van der Waals surface area contributed by atoms with Crippen molar-refractivity contribution in [3.63, 3.8) is 0 Å². The predicted molar refractivity (Wildman–Crippen MR) is 93.4 cm³/mol. The molecule has 0 spiro atoms. The summed E-state index contributed by atoms with van der Waals surface area (Å²) in [7, 11) is 0. The number of hydrogen-bond acceptors (Lipinski definition) is 3. The van der Waals surface area contributed by atoms with Crippen LogP contribution in [0.2, 0.25) is 0 Å². The highest BCUT2D eigenvalue weighted by Gasteiger charge is 2.07. The number of aromatic nitrogens is 2. The van der Waals surface area contributed by atoms with Gasteiger partial charge in [-0.15, -0.1) is 0 Å². The van der Waals surface area contributed by atoms with Gasteiger partial charge in [0.25, 0.3) is 0 Å². The summed E-state index contributed by atoms with van der Waals surface area (Å²) in [6.45, 7) is 6.43. The van der Waals surface area contributed by atoms with Crippen LogP contribution in [0.1, 0.15) is 24.7 Å². The second-order valence-electron chi connectivity index (χ2n) is 5.55. The third kappa shape index (κ3) is 4.84. The summed E-state index contributed by atoms with van der Waals surface area (Å²) in [5.74, 6) is -0.205. The molecule has 0 unspecified atom stereocenters. The summed E-state index contributed by atoms with van der Waals surface area (Å²) in [5, 5.41) is 12.4. The van der Waals surface area contributed by atoms with Crippen LogP contribution >= 0.6 is 0 Å². The molecule has 0 atom stereocenters. The van der Waals surface area contributed by atoms with Crippen LogP contribution in [0.5, 0.6) is 0 Å². The van der Waals surface area contributed by atoms with Crippen molar-refractivity contribution in [3.8, 4) is 5.69 Å². The van der Waals surface area contributed by atoms with Crippen LogP contribution in [0.4, 0.5) is 10.5 Å². The molecule has 0 aliphatic rings. The molecule has 0 bridgehead atoms. The number of benzene rings is 1. The molecule has 24 heavy (non-hydrogen) atoms. The van der Waals surface area contributed by atoms with Gasteiger partial charge in [0.1, 0.15) is 0 Å². The average molecular weight is 329 g/mol. The van der Waals surface area contributed by atoms with Crippen molar-refractivity contribution in [2.75, 3.05) is 18.4 Å². The van der Waals surface area contributed by atoms with Crippen LogP contribution < -0.4 is 16.0 Å². The van der Waals surface area contributed by atoms with Gasteiger partial charge in [0.05, 0.1) is 17.9 Å². The highest BCUT2D eigenvalue weighted by molar-refractivity contribution is 5.92. The van der Waals surface area contributed by atoms with E-state index in [1.54, 1.807) is 6.07 Å². The highest BCUT2D eigenvalue weighted by Crippen LogP contribution is 2.16.